The third kappa shape index (κ3) is 2.98. The molecule has 19 heavy (non-hydrogen) atoms. The van der Waals surface area contributed by atoms with Gasteiger partial charge in [0.2, 0.25) is 0 Å². The maximum Gasteiger partial charge on any atom is 0.0855 e. The first-order valence-electron chi connectivity index (χ1n) is 8.31. The van der Waals surface area contributed by atoms with Gasteiger partial charge in [-0.2, -0.15) is 0 Å². The molecule has 0 aromatic rings. The Labute approximate surface area is 118 Å². The topological polar surface area (TPSA) is 24.5 Å². The van der Waals surface area contributed by atoms with Gasteiger partial charge in [-0.3, -0.25) is 4.90 Å². The molecule has 0 amide bonds. The summed E-state index contributed by atoms with van der Waals surface area (Å²) in [6.45, 7) is 6.55. The highest BCUT2D eigenvalue weighted by atomic mass is 16.5. The van der Waals surface area contributed by atoms with Crippen molar-refractivity contribution in [3.8, 4) is 0 Å². The SMILES string of the molecule is CCN1CCOC(C(CC2CC3CCC2C3)NC)C1. The maximum absolute atomic E-state index is 6.05. The molecule has 1 heterocycles. The summed E-state index contributed by atoms with van der Waals surface area (Å²) in [6, 6.07) is 0.554. The van der Waals surface area contributed by atoms with E-state index in [1.165, 1.54) is 32.1 Å². The number of likely N-dealkylation sites (N-methyl/N-ethyl adjacent to an activating group) is 2. The monoisotopic (exact) mass is 266 g/mol. The second-order valence-corrected chi connectivity index (χ2v) is 6.87. The van der Waals surface area contributed by atoms with Crippen LogP contribution in [0.2, 0.25) is 0 Å². The average molecular weight is 266 g/mol. The number of rotatable bonds is 5. The van der Waals surface area contributed by atoms with Crippen LogP contribution >= 0.6 is 0 Å². The Morgan fingerprint density at radius 2 is 2.21 bits per heavy atom. The van der Waals surface area contributed by atoms with Gasteiger partial charge in [-0.25, -0.2) is 0 Å². The Kier molecular flexibility index (Phi) is 4.45. The summed E-state index contributed by atoms with van der Waals surface area (Å²) in [5.74, 6) is 3.07. The normalized spacial score (nSPS) is 40.7. The number of hydrogen-bond acceptors (Lipinski definition) is 3. The summed E-state index contributed by atoms with van der Waals surface area (Å²) in [5, 5.41) is 3.55. The standard InChI is InChI=1S/C16H30N2O/c1-3-18-6-7-19-16(11-18)15(17-2)10-14-9-12-4-5-13(14)8-12/h12-17H,3-11H2,1-2H3. The van der Waals surface area contributed by atoms with E-state index in [1.54, 1.807) is 0 Å². The Hall–Kier alpha value is -0.120. The van der Waals surface area contributed by atoms with Crippen LogP contribution in [0.3, 0.4) is 0 Å². The zero-order chi connectivity index (χ0) is 13.2. The van der Waals surface area contributed by atoms with Crippen molar-refractivity contribution in [2.24, 2.45) is 17.8 Å². The number of morpholine rings is 1. The molecular formula is C16H30N2O. The summed E-state index contributed by atoms with van der Waals surface area (Å²) < 4.78 is 6.05. The van der Waals surface area contributed by atoms with E-state index in [0.29, 0.717) is 12.1 Å². The van der Waals surface area contributed by atoms with Gasteiger partial charge in [0.25, 0.3) is 0 Å². The Bertz CT molecular complexity index is 296. The van der Waals surface area contributed by atoms with Gasteiger partial charge in [-0.1, -0.05) is 13.3 Å². The number of nitrogens with one attached hydrogen (secondary N) is 1. The highest BCUT2D eigenvalue weighted by molar-refractivity contribution is 4.93. The lowest BCUT2D eigenvalue weighted by Crippen LogP contribution is -2.52. The third-order valence-corrected chi connectivity index (χ3v) is 5.89. The van der Waals surface area contributed by atoms with Crippen LogP contribution in [-0.2, 0) is 4.74 Å². The largest absolute Gasteiger partial charge is 0.374 e. The molecular weight excluding hydrogens is 236 g/mol. The molecule has 2 saturated carbocycles. The van der Waals surface area contributed by atoms with Gasteiger partial charge in [0.05, 0.1) is 12.7 Å². The lowest BCUT2D eigenvalue weighted by atomic mass is 9.83. The van der Waals surface area contributed by atoms with E-state index >= 15 is 0 Å². The van der Waals surface area contributed by atoms with Crippen molar-refractivity contribution in [1.29, 1.82) is 0 Å². The van der Waals surface area contributed by atoms with Gasteiger partial charge in [0.1, 0.15) is 0 Å². The fourth-order valence-corrected chi connectivity index (χ4v) is 4.71. The molecule has 0 aromatic heterocycles. The summed E-state index contributed by atoms with van der Waals surface area (Å²) in [6.07, 6.45) is 7.76. The first kappa shape index (κ1) is 13.8. The van der Waals surface area contributed by atoms with Crippen LogP contribution in [0, 0.1) is 17.8 Å². The second-order valence-electron chi connectivity index (χ2n) is 6.87. The molecule has 5 atom stereocenters. The summed E-state index contributed by atoms with van der Waals surface area (Å²) in [5.41, 5.74) is 0. The molecule has 1 saturated heterocycles. The zero-order valence-corrected chi connectivity index (χ0v) is 12.6. The van der Waals surface area contributed by atoms with Crippen LogP contribution in [0.5, 0.6) is 0 Å². The fraction of sp³-hybridized carbons (Fsp3) is 1.00. The molecule has 3 aliphatic rings. The molecule has 5 unspecified atom stereocenters. The first-order valence-corrected chi connectivity index (χ1v) is 8.31. The predicted molar refractivity (Wildman–Crippen MR) is 78.3 cm³/mol. The van der Waals surface area contributed by atoms with Crippen molar-refractivity contribution < 1.29 is 4.74 Å². The number of nitrogens with zero attached hydrogens (tertiary/aromatic N) is 1. The highest BCUT2D eigenvalue weighted by Crippen LogP contribution is 2.50. The van der Waals surface area contributed by atoms with Crippen molar-refractivity contribution in [3.05, 3.63) is 0 Å². The molecule has 1 aliphatic heterocycles. The maximum atomic E-state index is 6.05. The van der Waals surface area contributed by atoms with E-state index < -0.39 is 0 Å². The van der Waals surface area contributed by atoms with Crippen LogP contribution in [-0.4, -0.2) is 50.3 Å². The molecule has 2 aliphatic carbocycles. The number of ether oxygens (including phenoxy) is 1. The van der Waals surface area contributed by atoms with Crippen LogP contribution in [0.4, 0.5) is 0 Å². The van der Waals surface area contributed by atoms with E-state index in [2.05, 4.69) is 24.2 Å². The average Bonchev–Trinajstić information content (AvgIpc) is 3.07. The second kappa shape index (κ2) is 6.11. The lowest BCUT2D eigenvalue weighted by Gasteiger charge is -2.38. The van der Waals surface area contributed by atoms with Crippen molar-refractivity contribution in [1.82, 2.24) is 10.2 Å². The van der Waals surface area contributed by atoms with Crippen LogP contribution in [0.25, 0.3) is 0 Å². The van der Waals surface area contributed by atoms with Gasteiger partial charge in [-0.15, -0.1) is 0 Å². The van der Waals surface area contributed by atoms with Crippen LogP contribution in [0.1, 0.15) is 39.0 Å². The van der Waals surface area contributed by atoms with E-state index in [9.17, 15) is 0 Å². The van der Waals surface area contributed by atoms with Crippen LogP contribution in [0.15, 0.2) is 0 Å². The van der Waals surface area contributed by atoms with Crippen molar-refractivity contribution in [2.75, 3.05) is 33.3 Å². The van der Waals surface area contributed by atoms with Gasteiger partial charge < -0.3 is 10.1 Å². The molecule has 3 heteroatoms. The van der Waals surface area contributed by atoms with E-state index in [0.717, 1.165) is 44.0 Å². The fourth-order valence-electron chi connectivity index (χ4n) is 4.71. The minimum absolute atomic E-state index is 0.401. The molecule has 3 fully saturated rings. The summed E-state index contributed by atoms with van der Waals surface area (Å²) in [4.78, 5) is 2.53. The van der Waals surface area contributed by atoms with Crippen molar-refractivity contribution in [3.63, 3.8) is 0 Å². The summed E-state index contributed by atoms with van der Waals surface area (Å²) >= 11 is 0. The molecule has 110 valence electrons. The summed E-state index contributed by atoms with van der Waals surface area (Å²) in [7, 11) is 2.12. The van der Waals surface area contributed by atoms with E-state index in [-0.39, 0.29) is 0 Å². The highest BCUT2D eigenvalue weighted by Gasteiger charge is 2.41. The molecule has 2 bridgehead atoms. The zero-order valence-electron chi connectivity index (χ0n) is 12.6. The molecule has 3 rings (SSSR count). The third-order valence-electron chi connectivity index (χ3n) is 5.89. The van der Waals surface area contributed by atoms with E-state index in [4.69, 9.17) is 4.74 Å². The van der Waals surface area contributed by atoms with Gasteiger partial charge in [0, 0.05) is 19.1 Å². The number of fused-ring (bicyclic) bond motifs is 2. The Balaban J connectivity index is 1.55. The smallest absolute Gasteiger partial charge is 0.0855 e. The van der Waals surface area contributed by atoms with Crippen molar-refractivity contribution >= 4 is 0 Å². The predicted octanol–water partition coefficient (Wildman–Crippen LogP) is 2.12. The minimum atomic E-state index is 0.401. The van der Waals surface area contributed by atoms with Crippen LogP contribution < -0.4 is 5.32 Å². The van der Waals surface area contributed by atoms with Crippen molar-refractivity contribution in [2.45, 2.75) is 51.2 Å². The molecule has 1 N–H and O–H groups in total. The number of hydrogen-bond donors (Lipinski definition) is 1. The van der Waals surface area contributed by atoms with Gasteiger partial charge >= 0.3 is 0 Å². The molecule has 0 radical (unpaired) electrons. The lowest BCUT2D eigenvalue weighted by molar-refractivity contribution is -0.0484. The first-order chi connectivity index (χ1) is 9.30. The van der Waals surface area contributed by atoms with Gasteiger partial charge in [-0.05, 0) is 57.0 Å². The molecule has 0 spiro atoms. The van der Waals surface area contributed by atoms with E-state index in [1.807, 2.05) is 0 Å². The Morgan fingerprint density at radius 3 is 2.84 bits per heavy atom. The quantitative estimate of drug-likeness (QED) is 0.825. The minimum Gasteiger partial charge on any atom is -0.374 e. The Morgan fingerprint density at radius 1 is 1.32 bits per heavy atom. The molecule has 3 nitrogen and oxygen atoms in total. The molecule has 0 aromatic carbocycles. The van der Waals surface area contributed by atoms with Gasteiger partial charge in [0.15, 0.2) is 0 Å².